The third-order valence-corrected chi connectivity index (χ3v) is 6.35. The molecule has 0 saturated carbocycles. The van der Waals surface area contributed by atoms with Crippen LogP contribution >= 0.6 is 0 Å². The van der Waals surface area contributed by atoms with Crippen molar-refractivity contribution >= 4 is 15.7 Å². The molecular weight excluding hydrogens is 447 g/mol. The Kier molecular flexibility index (Phi) is 6.50. The molecule has 0 saturated heterocycles. The van der Waals surface area contributed by atoms with Crippen molar-refractivity contribution in [2.75, 3.05) is 0 Å². The van der Waals surface area contributed by atoms with Crippen molar-refractivity contribution in [3.05, 3.63) is 108 Å². The van der Waals surface area contributed by atoms with Crippen molar-refractivity contribution in [1.29, 1.82) is 0 Å². The van der Waals surface area contributed by atoms with E-state index in [0.717, 1.165) is 0 Å². The molecule has 0 radical (unpaired) electrons. The Hall–Kier alpha value is -3.98. The summed E-state index contributed by atoms with van der Waals surface area (Å²) in [5, 5.41) is 2.69. The average molecular weight is 466 g/mol. The Labute approximate surface area is 189 Å². The van der Waals surface area contributed by atoms with Gasteiger partial charge >= 0.3 is 0 Å². The Morgan fingerprint density at radius 2 is 1.85 bits per heavy atom. The number of amides is 1. The second-order valence-corrected chi connectivity index (χ2v) is 9.08. The molecule has 0 aliphatic carbocycles. The van der Waals surface area contributed by atoms with Crippen LogP contribution in [0.3, 0.4) is 0 Å². The Morgan fingerprint density at radius 3 is 2.58 bits per heavy atom. The van der Waals surface area contributed by atoms with Gasteiger partial charge in [-0.05, 0) is 35.9 Å². The number of benzene rings is 2. The van der Waals surface area contributed by atoms with E-state index in [1.165, 1.54) is 48.9 Å². The molecule has 4 aromatic rings. The summed E-state index contributed by atoms with van der Waals surface area (Å²) in [5.74, 6) is -0.786. The zero-order chi connectivity index (χ0) is 23.3. The molecule has 0 spiro atoms. The maximum atomic E-state index is 13.3. The molecule has 0 aliphatic heterocycles. The first-order valence-electron chi connectivity index (χ1n) is 9.91. The molecule has 0 atom stereocenters. The van der Waals surface area contributed by atoms with Crippen LogP contribution in [-0.2, 0) is 22.1 Å². The minimum Gasteiger partial charge on any atom is -0.459 e. The van der Waals surface area contributed by atoms with Crippen LogP contribution in [0.5, 0.6) is 11.6 Å². The number of rotatable bonds is 8. The molecule has 1 N–H and O–H groups in total. The lowest BCUT2D eigenvalue weighted by Crippen LogP contribution is -2.23. The lowest BCUT2D eigenvalue weighted by atomic mass is 10.2. The number of carbonyl (C=O) groups is 1. The van der Waals surface area contributed by atoms with Gasteiger partial charge in [0.2, 0.25) is 5.88 Å². The van der Waals surface area contributed by atoms with Gasteiger partial charge in [0.25, 0.3) is 5.91 Å². The highest BCUT2D eigenvalue weighted by molar-refractivity contribution is 7.90. The van der Waals surface area contributed by atoms with Gasteiger partial charge in [0.05, 0.1) is 16.9 Å². The van der Waals surface area contributed by atoms with Crippen molar-refractivity contribution < 1.29 is 26.8 Å². The Balaban J connectivity index is 1.37. The fourth-order valence-corrected chi connectivity index (χ4v) is 4.43. The van der Waals surface area contributed by atoms with Gasteiger partial charge in [0.1, 0.15) is 11.6 Å². The molecule has 0 aliphatic rings. The summed E-state index contributed by atoms with van der Waals surface area (Å²) < 4.78 is 49.2. The van der Waals surface area contributed by atoms with Gasteiger partial charge in [-0.25, -0.2) is 17.8 Å². The summed E-state index contributed by atoms with van der Waals surface area (Å²) in [4.78, 5) is 16.9. The molecule has 7 nitrogen and oxygen atoms in total. The summed E-state index contributed by atoms with van der Waals surface area (Å²) in [6.07, 6.45) is 2.79. The fraction of sp³-hybridized carbons (Fsp3) is 0.0833. The predicted molar refractivity (Wildman–Crippen MR) is 118 cm³/mol. The lowest BCUT2D eigenvalue weighted by Gasteiger charge is -2.08. The minimum atomic E-state index is -3.63. The van der Waals surface area contributed by atoms with E-state index in [-0.39, 0.29) is 34.4 Å². The van der Waals surface area contributed by atoms with E-state index < -0.39 is 21.6 Å². The quantitative estimate of drug-likeness (QED) is 0.410. The number of ether oxygens (including phenoxy) is 1. The van der Waals surface area contributed by atoms with Crippen molar-refractivity contribution in [1.82, 2.24) is 10.3 Å². The molecule has 4 rings (SSSR count). The zero-order valence-electron chi connectivity index (χ0n) is 17.3. The van der Waals surface area contributed by atoms with Crippen LogP contribution in [0.1, 0.15) is 21.7 Å². The maximum absolute atomic E-state index is 13.3. The van der Waals surface area contributed by atoms with Gasteiger partial charge in [0.15, 0.2) is 15.6 Å². The normalized spacial score (nSPS) is 11.2. The van der Waals surface area contributed by atoms with Crippen LogP contribution in [-0.4, -0.2) is 19.3 Å². The lowest BCUT2D eigenvalue weighted by molar-refractivity contribution is 0.0922. The molecule has 2 aromatic carbocycles. The highest BCUT2D eigenvalue weighted by atomic mass is 32.2. The van der Waals surface area contributed by atoms with Crippen LogP contribution < -0.4 is 10.1 Å². The Bertz CT molecular complexity index is 1350. The number of pyridine rings is 1. The highest BCUT2D eigenvalue weighted by Crippen LogP contribution is 2.21. The van der Waals surface area contributed by atoms with Gasteiger partial charge in [-0.15, -0.1) is 0 Å². The largest absolute Gasteiger partial charge is 0.459 e. The number of furan rings is 1. The van der Waals surface area contributed by atoms with E-state index in [4.69, 9.17) is 9.15 Å². The summed E-state index contributed by atoms with van der Waals surface area (Å²) in [7, 11) is -3.63. The molecule has 2 heterocycles. The van der Waals surface area contributed by atoms with Crippen molar-refractivity contribution in [3.63, 3.8) is 0 Å². The number of nitrogens with zero attached hydrogens (tertiary/aromatic N) is 1. The van der Waals surface area contributed by atoms with Gasteiger partial charge in [0, 0.05) is 30.4 Å². The smallest absolute Gasteiger partial charge is 0.287 e. The molecular formula is C24H19FN2O5S. The van der Waals surface area contributed by atoms with Gasteiger partial charge in [-0.2, -0.15) is 0 Å². The summed E-state index contributed by atoms with van der Waals surface area (Å²) in [6, 6.07) is 18.5. The molecule has 33 heavy (non-hydrogen) atoms. The van der Waals surface area contributed by atoms with Gasteiger partial charge in [-0.3, -0.25) is 4.79 Å². The van der Waals surface area contributed by atoms with Crippen LogP contribution in [0.25, 0.3) is 0 Å². The van der Waals surface area contributed by atoms with E-state index in [2.05, 4.69) is 10.3 Å². The number of carbonyl (C=O) groups excluding carboxylic acids is 1. The first kappa shape index (κ1) is 22.2. The molecule has 0 unspecified atom stereocenters. The van der Waals surface area contributed by atoms with Crippen molar-refractivity contribution in [3.8, 4) is 11.6 Å². The van der Waals surface area contributed by atoms with Crippen LogP contribution in [0.4, 0.5) is 4.39 Å². The molecule has 168 valence electrons. The number of nitrogens with one attached hydrogen (secondary N) is 1. The second-order valence-electron chi connectivity index (χ2n) is 7.09. The highest BCUT2D eigenvalue weighted by Gasteiger charge is 2.22. The predicted octanol–water partition coefficient (Wildman–Crippen LogP) is 4.51. The van der Waals surface area contributed by atoms with E-state index in [1.807, 2.05) is 0 Å². The average Bonchev–Trinajstić information content (AvgIpc) is 3.26. The zero-order valence-corrected chi connectivity index (χ0v) is 18.1. The van der Waals surface area contributed by atoms with E-state index in [1.54, 1.807) is 36.4 Å². The monoisotopic (exact) mass is 466 g/mol. The number of halogens is 1. The number of hydrogen-bond acceptors (Lipinski definition) is 6. The van der Waals surface area contributed by atoms with Gasteiger partial charge < -0.3 is 14.5 Å². The molecule has 1 amide bonds. The summed E-state index contributed by atoms with van der Waals surface area (Å²) >= 11 is 0. The number of hydrogen-bond donors (Lipinski definition) is 1. The topological polar surface area (TPSA) is 98.5 Å². The van der Waals surface area contributed by atoms with Crippen LogP contribution in [0.2, 0.25) is 0 Å². The van der Waals surface area contributed by atoms with Crippen LogP contribution in [0, 0.1) is 5.82 Å². The van der Waals surface area contributed by atoms with E-state index >= 15 is 0 Å². The Morgan fingerprint density at radius 1 is 1.03 bits per heavy atom. The van der Waals surface area contributed by atoms with E-state index in [0.29, 0.717) is 11.3 Å². The minimum absolute atomic E-state index is 0.0616. The standard InChI is InChI=1S/C24H19FN2O5S/c25-19-5-4-6-20(13-19)32-22-10-9-17(14-26-22)15-27-24(28)23-18(11-12-31-23)16-33(29,30)21-7-2-1-3-8-21/h1-14H,15-16H2,(H,27,28). The molecule has 0 fully saturated rings. The van der Waals surface area contributed by atoms with Crippen molar-refractivity contribution in [2.24, 2.45) is 0 Å². The first-order chi connectivity index (χ1) is 15.9. The molecule has 2 aromatic heterocycles. The summed E-state index contributed by atoms with van der Waals surface area (Å²) in [5.41, 5.74) is 0.952. The number of aromatic nitrogens is 1. The van der Waals surface area contributed by atoms with Crippen LogP contribution in [0.15, 0.2) is 94.6 Å². The SMILES string of the molecule is O=C(NCc1ccc(Oc2cccc(F)c2)nc1)c1occc1CS(=O)(=O)c1ccccc1. The third kappa shape index (κ3) is 5.64. The maximum Gasteiger partial charge on any atom is 0.287 e. The second kappa shape index (κ2) is 9.66. The first-order valence-corrected chi connectivity index (χ1v) is 11.6. The number of sulfone groups is 1. The molecule has 9 heteroatoms. The van der Waals surface area contributed by atoms with E-state index in [9.17, 15) is 17.6 Å². The fourth-order valence-electron chi connectivity index (χ4n) is 3.05. The van der Waals surface area contributed by atoms with Crippen molar-refractivity contribution in [2.45, 2.75) is 17.2 Å². The van der Waals surface area contributed by atoms with Gasteiger partial charge in [-0.1, -0.05) is 30.3 Å². The third-order valence-electron chi connectivity index (χ3n) is 4.67. The summed E-state index contributed by atoms with van der Waals surface area (Å²) in [6.45, 7) is 0.137. The molecule has 0 bridgehead atoms.